The Balaban J connectivity index is 1.97. The molecule has 9 heteroatoms. The molecule has 0 bridgehead atoms. The molecule has 1 aromatic carbocycles. The van der Waals surface area contributed by atoms with Crippen molar-refractivity contribution in [2.45, 2.75) is 39.6 Å². The van der Waals surface area contributed by atoms with Gasteiger partial charge in [-0.15, -0.1) is 0 Å². The van der Waals surface area contributed by atoms with Gasteiger partial charge in [0, 0.05) is 6.54 Å². The predicted molar refractivity (Wildman–Crippen MR) is 106 cm³/mol. The van der Waals surface area contributed by atoms with E-state index in [2.05, 4.69) is 25.3 Å². The van der Waals surface area contributed by atoms with Gasteiger partial charge >= 0.3 is 0 Å². The Morgan fingerprint density at radius 1 is 1.15 bits per heavy atom. The van der Waals surface area contributed by atoms with E-state index in [1.807, 2.05) is 32.9 Å². The van der Waals surface area contributed by atoms with E-state index in [-0.39, 0.29) is 5.75 Å². The summed E-state index contributed by atoms with van der Waals surface area (Å²) in [5, 5.41) is 6.37. The van der Waals surface area contributed by atoms with Crippen molar-refractivity contribution in [3.05, 3.63) is 52.7 Å². The first-order valence-corrected chi connectivity index (χ1v) is 10.4. The molecule has 27 heavy (non-hydrogen) atoms. The summed E-state index contributed by atoms with van der Waals surface area (Å²) in [6.45, 7) is 7.44. The quantitative estimate of drug-likeness (QED) is 0.464. The largest absolute Gasteiger partial charge is 0.444 e. The van der Waals surface area contributed by atoms with Crippen LogP contribution in [-0.2, 0) is 28.9 Å². The van der Waals surface area contributed by atoms with Crippen molar-refractivity contribution in [2.75, 3.05) is 13.6 Å². The second-order valence-corrected chi connectivity index (χ2v) is 8.00. The van der Waals surface area contributed by atoms with Gasteiger partial charge in [0.15, 0.2) is 5.96 Å². The highest BCUT2D eigenvalue weighted by molar-refractivity contribution is 7.88. The van der Waals surface area contributed by atoms with Crippen molar-refractivity contribution in [2.24, 2.45) is 4.99 Å². The number of aliphatic imine (C=N–C) groups is 1. The lowest BCUT2D eigenvalue weighted by atomic mass is 10.1. The molecule has 0 fully saturated rings. The number of oxazole rings is 1. The van der Waals surface area contributed by atoms with Gasteiger partial charge in [0.05, 0.1) is 24.5 Å². The number of guanidine groups is 1. The van der Waals surface area contributed by atoms with Crippen LogP contribution in [0.1, 0.15) is 35.4 Å². The zero-order valence-corrected chi connectivity index (χ0v) is 17.0. The average Bonchev–Trinajstić information content (AvgIpc) is 2.96. The SMILES string of the molecule is CCNC(=NCc1ccc(CS(=O)(=O)NC)cc1)NCc1nc(C)c(C)o1. The highest BCUT2D eigenvalue weighted by Crippen LogP contribution is 2.09. The van der Waals surface area contributed by atoms with Crippen molar-refractivity contribution in [1.29, 1.82) is 0 Å². The summed E-state index contributed by atoms with van der Waals surface area (Å²) in [6.07, 6.45) is 0. The van der Waals surface area contributed by atoms with E-state index in [9.17, 15) is 8.42 Å². The van der Waals surface area contributed by atoms with Gasteiger partial charge in [-0.05, 0) is 38.9 Å². The number of hydrogen-bond acceptors (Lipinski definition) is 5. The van der Waals surface area contributed by atoms with Crippen LogP contribution >= 0.6 is 0 Å². The zero-order valence-electron chi connectivity index (χ0n) is 16.2. The van der Waals surface area contributed by atoms with Crippen LogP contribution in [0.2, 0.25) is 0 Å². The lowest BCUT2D eigenvalue weighted by Gasteiger charge is -2.10. The van der Waals surface area contributed by atoms with Crippen molar-refractivity contribution in [3.8, 4) is 0 Å². The lowest BCUT2D eigenvalue weighted by molar-refractivity contribution is 0.463. The van der Waals surface area contributed by atoms with Gasteiger partial charge in [0.1, 0.15) is 5.76 Å². The first kappa shape index (κ1) is 20.9. The third kappa shape index (κ3) is 6.69. The normalized spacial score (nSPS) is 12.2. The summed E-state index contributed by atoms with van der Waals surface area (Å²) < 4.78 is 31.0. The standard InChI is InChI=1S/C18H27N5O3S/c1-5-20-18(22-11-17-23-13(2)14(3)26-17)21-10-15-6-8-16(9-7-15)12-27(24,25)19-4/h6-9,19H,5,10-12H2,1-4H3,(H2,20,21,22). The molecular weight excluding hydrogens is 366 g/mol. The van der Waals surface area contributed by atoms with E-state index < -0.39 is 10.0 Å². The lowest BCUT2D eigenvalue weighted by Crippen LogP contribution is -2.36. The second-order valence-electron chi connectivity index (χ2n) is 6.08. The Hall–Kier alpha value is -2.39. The first-order valence-electron chi connectivity index (χ1n) is 8.77. The van der Waals surface area contributed by atoms with Crippen LogP contribution in [-0.4, -0.2) is 33.0 Å². The van der Waals surface area contributed by atoms with Gasteiger partial charge in [0.25, 0.3) is 0 Å². The number of sulfonamides is 1. The molecule has 0 amide bonds. The van der Waals surface area contributed by atoms with Crippen LogP contribution in [0.4, 0.5) is 0 Å². The molecule has 1 heterocycles. The molecule has 8 nitrogen and oxygen atoms in total. The Kier molecular flexibility index (Phi) is 7.37. The molecule has 0 aliphatic rings. The fourth-order valence-electron chi connectivity index (χ4n) is 2.32. The van der Waals surface area contributed by atoms with Gasteiger partial charge in [-0.3, -0.25) is 0 Å². The molecule has 0 aliphatic carbocycles. The number of nitrogens with one attached hydrogen (secondary N) is 3. The van der Waals surface area contributed by atoms with Crippen LogP contribution in [0.5, 0.6) is 0 Å². The zero-order chi connectivity index (χ0) is 19.9. The Labute approximate surface area is 160 Å². The highest BCUT2D eigenvalue weighted by atomic mass is 32.2. The number of rotatable bonds is 8. The van der Waals surface area contributed by atoms with E-state index >= 15 is 0 Å². The molecule has 0 saturated carbocycles. The molecule has 0 atom stereocenters. The van der Waals surface area contributed by atoms with Crippen LogP contribution in [0, 0.1) is 13.8 Å². The Morgan fingerprint density at radius 3 is 2.37 bits per heavy atom. The number of hydrogen-bond donors (Lipinski definition) is 3. The smallest absolute Gasteiger partial charge is 0.215 e. The van der Waals surface area contributed by atoms with Crippen LogP contribution in [0.25, 0.3) is 0 Å². The molecule has 2 aromatic rings. The van der Waals surface area contributed by atoms with Gasteiger partial charge in [-0.2, -0.15) is 0 Å². The summed E-state index contributed by atoms with van der Waals surface area (Å²) in [5.74, 6) is 2.05. The first-order chi connectivity index (χ1) is 12.8. The molecule has 148 valence electrons. The highest BCUT2D eigenvalue weighted by Gasteiger charge is 2.09. The molecule has 0 radical (unpaired) electrons. The van der Waals surface area contributed by atoms with E-state index in [1.165, 1.54) is 7.05 Å². The summed E-state index contributed by atoms with van der Waals surface area (Å²) >= 11 is 0. The molecule has 0 aliphatic heterocycles. The molecular formula is C18H27N5O3S. The van der Waals surface area contributed by atoms with E-state index in [0.717, 1.165) is 29.1 Å². The maximum absolute atomic E-state index is 11.6. The number of aryl methyl sites for hydroxylation is 2. The monoisotopic (exact) mass is 393 g/mol. The number of nitrogens with zero attached hydrogens (tertiary/aromatic N) is 2. The van der Waals surface area contributed by atoms with Crippen LogP contribution in [0.15, 0.2) is 33.7 Å². The summed E-state index contributed by atoms with van der Waals surface area (Å²) in [5.41, 5.74) is 2.60. The molecule has 0 saturated heterocycles. The predicted octanol–water partition coefficient (Wildman–Crippen LogP) is 1.60. The van der Waals surface area contributed by atoms with E-state index in [4.69, 9.17) is 4.42 Å². The third-order valence-corrected chi connectivity index (χ3v) is 5.27. The van der Waals surface area contributed by atoms with Crippen molar-refractivity contribution >= 4 is 16.0 Å². The van der Waals surface area contributed by atoms with Crippen molar-refractivity contribution in [3.63, 3.8) is 0 Å². The Bertz CT molecular complexity index is 853. The van der Waals surface area contributed by atoms with Gasteiger partial charge in [-0.1, -0.05) is 24.3 Å². The second kappa shape index (κ2) is 9.52. The average molecular weight is 394 g/mol. The van der Waals surface area contributed by atoms with Crippen molar-refractivity contribution < 1.29 is 12.8 Å². The topological polar surface area (TPSA) is 109 Å². The molecule has 2 rings (SSSR count). The van der Waals surface area contributed by atoms with Crippen LogP contribution in [0.3, 0.4) is 0 Å². The third-order valence-electron chi connectivity index (χ3n) is 3.93. The summed E-state index contributed by atoms with van der Waals surface area (Å²) in [7, 11) is -1.85. The fraction of sp³-hybridized carbons (Fsp3) is 0.444. The molecule has 0 spiro atoms. The van der Waals surface area contributed by atoms with E-state index in [1.54, 1.807) is 12.1 Å². The minimum absolute atomic E-state index is 0.0355. The van der Waals surface area contributed by atoms with Crippen LogP contribution < -0.4 is 15.4 Å². The number of benzene rings is 1. The molecule has 3 N–H and O–H groups in total. The van der Waals surface area contributed by atoms with Gasteiger partial charge in [0.2, 0.25) is 15.9 Å². The van der Waals surface area contributed by atoms with Gasteiger partial charge < -0.3 is 15.1 Å². The Morgan fingerprint density at radius 2 is 1.81 bits per heavy atom. The fourth-order valence-corrected chi connectivity index (χ4v) is 3.09. The van der Waals surface area contributed by atoms with Crippen molar-refractivity contribution in [1.82, 2.24) is 20.3 Å². The minimum Gasteiger partial charge on any atom is -0.444 e. The maximum atomic E-state index is 11.6. The summed E-state index contributed by atoms with van der Waals surface area (Å²) in [6, 6.07) is 7.37. The molecule has 1 aromatic heterocycles. The maximum Gasteiger partial charge on any atom is 0.215 e. The molecule has 0 unspecified atom stereocenters. The minimum atomic E-state index is -3.27. The summed E-state index contributed by atoms with van der Waals surface area (Å²) in [4.78, 5) is 8.88. The van der Waals surface area contributed by atoms with Gasteiger partial charge in [-0.25, -0.2) is 23.1 Å². The number of aromatic nitrogens is 1. The van der Waals surface area contributed by atoms with E-state index in [0.29, 0.717) is 24.9 Å².